The second-order valence-corrected chi connectivity index (χ2v) is 9.00. The number of ether oxygens (including phenoxy) is 1. The first-order valence-corrected chi connectivity index (χ1v) is 10.1. The van der Waals surface area contributed by atoms with E-state index in [1.54, 1.807) is 4.90 Å². The molecular weight excluding hydrogens is 374 g/mol. The van der Waals surface area contributed by atoms with Crippen LogP contribution >= 0.6 is 11.6 Å². The third-order valence-electron chi connectivity index (χ3n) is 5.09. The van der Waals surface area contributed by atoms with Gasteiger partial charge in [-0.25, -0.2) is 4.79 Å². The first kappa shape index (κ1) is 20.7. The lowest BCUT2D eigenvalue weighted by atomic mass is 9.82. The molecule has 1 saturated heterocycles. The standard InChI is InChI=1S/C23H28ClNO3/c1-22(2,3)28-21(27)25-20(26)13-14-23(25,15-17-7-5-4-6-8-17)16-18-9-11-19(24)12-10-18/h4-12,20,26H,13-16H2,1-3H3/t20-,23+/m1/s1. The van der Waals surface area contributed by atoms with E-state index < -0.39 is 23.5 Å². The highest BCUT2D eigenvalue weighted by molar-refractivity contribution is 6.30. The topological polar surface area (TPSA) is 49.8 Å². The molecule has 3 rings (SSSR count). The van der Waals surface area contributed by atoms with E-state index in [1.807, 2.05) is 63.2 Å². The molecule has 1 N–H and O–H groups in total. The monoisotopic (exact) mass is 401 g/mol. The number of carbonyl (C=O) groups excluding carboxylic acids is 1. The molecule has 0 saturated carbocycles. The molecule has 0 radical (unpaired) electrons. The van der Waals surface area contributed by atoms with Gasteiger partial charge in [0.1, 0.15) is 11.8 Å². The van der Waals surface area contributed by atoms with Gasteiger partial charge < -0.3 is 9.84 Å². The number of aliphatic hydroxyl groups excluding tert-OH is 1. The molecule has 0 aromatic heterocycles. The number of halogens is 1. The maximum atomic E-state index is 13.0. The predicted molar refractivity (Wildman–Crippen MR) is 111 cm³/mol. The SMILES string of the molecule is CC(C)(C)OC(=O)N1[C@H](O)CC[C@]1(Cc1ccccc1)Cc1ccc(Cl)cc1. The van der Waals surface area contributed by atoms with E-state index in [0.29, 0.717) is 30.7 Å². The van der Waals surface area contributed by atoms with Gasteiger partial charge in [0, 0.05) is 5.02 Å². The summed E-state index contributed by atoms with van der Waals surface area (Å²) in [7, 11) is 0. The van der Waals surface area contributed by atoms with Crippen molar-refractivity contribution in [3.63, 3.8) is 0 Å². The Morgan fingerprint density at radius 3 is 2.25 bits per heavy atom. The van der Waals surface area contributed by atoms with Gasteiger partial charge in [0.2, 0.25) is 0 Å². The van der Waals surface area contributed by atoms with Gasteiger partial charge in [0.25, 0.3) is 0 Å². The van der Waals surface area contributed by atoms with Crippen molar-refractivity contribution in [3.8, 4) is 0 Å². The highest BCUT2D eigenvalue weighted by atomic mass is 35.5. The van der Waals surface area contributed by atoms with Gasteiger partial charge in [-0.3, -0.25) is 4.90 Å². The highest BCUT2D eigenvalue weighted by Gasteiger charge is 2.49. The molecule has 4 nitrogen and oxygen atoms in total. The maximum absolute atomic E-state index is 13.0. The molecule has 0 spiro atoms. The van der Waals surface area contributed by atoms with Crippen molar-refractivity contribution in [1.82, 2.24) is 4.90 Å². The van der Waals surface area contributed by atoms with Gasteiger partial charge in [-0.15, -0.1) is 0 Å². The summed E-state index contributed by atoms with van der Waals surface area (Å²) in [6, 6.07) is 17.8. The van der Waals surface area contributed by atoms with Crippen LogP contribution in [0.1, 0.15) is 44.7 Å². The van der Waals surface area contributed by atoms with Gasteiger partial charge in [0.05, 0.1) is 5.54 Å². The largest absolute Gasteiger partial charge is 0.444 e. The van der Waals surface area contributed by atoms with Crippen LogP contribution in [0.15, 0.2) is 54.6 Å². The summed E-state index contributed by atoms with van der Waals surface area (Å²) in [6.07, 6.45) is 1.17. The van der Waals surface area contributed by atoms with Crippen LogP contribution in [0.3, 0.4) is 0 Å². The zero-order chi connectivity index (χ0) is 20.4. The van der Waals surface area contributed by atoms with E-state index in [9.17, 15) is 9.90 Å². The molecule has 2 aromatic rings. The molecule has 0 bridgehead atoms. The number of hydrogen-bond acceptors (Lipinski definition) is 3. The lowest BCUT2D eigenvalue weighted by Gasteiger charge is -2.41. The number of amides is 1. The highest BCUT2D eigenvalue weighted by Crippen LogP contribution is 2.40. The summed E-state index contributed by atoms with van der Waals surface area (Å²) in [5.74, 6) is 0. The van der Waals surface area contributed by atoms with Crippen molar-refractivity contribution >= 4 is 17.7 Å². The number of nitrogens with zero attached hydrogens (tertiary/aromatic N) is 1. The number of hydrogen-bond donors (Lipinski definition) is 1. The molecule has 2 atom stereocenters. The number of benzene rings is 2. The van der Waals surface area contributed by atoms with Gasteiger partial charge in [-0.1, -0.05) is 54.1 Å². The molecule has 5 heteroatoms. The van der Waals surface area contributed by atoms with E-state index >= 15 is 0 Å². The van der Waals surface area contributed by atoms with E-state index in [4.69, 9.17) is 16.3 Å². The fourth-order valence-corrected chi connectivity index (χ4v) is 4.08. The van der Waals surface area contributed by atoms with Gasteiger partial charge in [-0.2, -0.15) is 0 Å². The third kappa shape index (κ3) is 4.86. The Bertz CT molecular complexity index is 801. The van der Waals surface area contributed by atoms with Crippen LogP contribution in [0.5, 0.6) is 0 Å². The lowest BCUT2D eigenvalue weighted by molar-refractivity contribution is -0.0452. The molecule has 1 fully saturated rings. The number of carbonyl (C=O) groups is 1. The molecule has 1 heterocycles. The van der Waals surface area contributed by atoms with Crippen molar-refractivity contribution in [3.05, 3.63) is 70.7 Å². The van der Waals surface area contributed by atoms with E-state index in [2.05, 4.69) is 12.1 Å². The van der Waals surface area contributed by atoms with Gasteiger partial charge in [-0.05, 0) is 69.7 Å². The molecule has 1 aliphatic rings. The Balaban J connectivity index is 1.98. The number of aliphatic hydroxyl groups is 1. The van der Waals surface area contributed by atoms with Crippen molar-refractivity contribution in [2.75, 3.05) is 0 Å². The first-order chi connectivity index (χ1) is 13.2. The Hall–Kier alpha value is -2.04. The molecule has 0 aliphatic carbocycles. The van der Waals surface area contributed by atoms with E-state index in [-0.39, 0.29) is 0 Å². The molecule has 2 aromatic carbocycles. The average molecular weight is 402 g/mol. The van der Waals surface area contributed by atoms with Gasteiger partial charge in [0.15, 0.2) is 0 Å². The molecular formula is C23H28ClNO3. The summed E-state index contributed by atoms with van der Waals surface area (Å²) in [4.78, 5) is 14.6. The van der Waals surface area contributed by atoms with Crippen LogP contribution in [-0.4, -0.2) is 33.5 Å². The fourth-order valence-electron chi connectivity index (χ4n) is 3.96. The smallest absolute Gasteiger partial charge is 0.412 e. The minimum Gasteiger partial charge on any atom is -0.444 e. The quantitative estimate of drug-likeness (QED) is 0.764. The minimum absolute atomic E-state index is 0.470. The zero-order valence-electron chi connectivity index (χ0n) is 16.7. The summed E-state index contributed by atoms with van der Waals surface area (Å²) in [5, 5.41) is 11.4. The predicted octanol–water partition coefficient (Wildman–Crippen LogP) is 5.21. The normalized spacial score (nSPS) is 22.3. The summed E-state index contributed by atoms with van der Waals surface area (Å²) >= 11 is 6.04. The Morgan fingerprint density at radius 2 is 1.68 bits per heavy atom. The Morgan fingerprint density at radius 1 is 1.11 bits per heavy atom. The van der Waals surface area contributed by atoms with Crippen LogP contribution in [0.2, 0.25) is 5.02 Å². The van der Waals surface area contributed by atoms with Gasteiger partial charge >= 0.3 is 6.09 Å². The second kappa shape index (κ2) is 8.14. The van der Waals surface area contributed by atoms with Crippen LogP contribution < -0.4 is 0 Å². The van der Waals surface area contributed by atoms with Crippen molar-refractivity contribution in [2.45, 2.75) is 63.8 Å². The number of rotatable bonds is 4. The lowest BCUT2D eigenvalue weighted by Crippen LogP contribution is -2.54. The van der Waals surface area contributed by atoms with E-state index in [0.717, 1.165) is 11.1 Å². The minimum atomic E-state index is -0.856. The molecule has 28 heavy (non-hydrogen) atoms. The number of likely N-dealkylation sites (tertiary alicyclic amines) is 1. The van der Waals surface area contributed by atoms with Crippen LogP contribution in [0.4, 0.5) is 4.79 Å². The molecule has 150 valence electrons. The summed E-state index contributed by atoms with van der Waals surface area (Å²) in [5.41, 5.74) is 1.01. The summed E-state index contributed by atoms with van der Waals surface area (Å²) in [6.45, 7) is 5.52. The molecule has 0 unspecified atom stereocenters. The van der Waals surface area contributed by atoms with Crippen molar-refractivity contribution in [2.24, 2.45) is 0 Å². The fraction of sp³-hybridized carbons (Fsp3) is 0.435. The Labute approximate surface area is 172 Å². The maximum Gasteiger partial charge on any atom is 0.412 e. The molecule has 1 aliphatic heterocycles. The van der Waals surface area contributed by atoms with Crippen LogP contribution in [-0.2, 0) is 17.6 Å². The second-order valence-electron chi connectivity index (χ2n) is 8.56. The van der Waals surface area contributed by atoms with Crippen molar-refractivity contribution in [1.29, 1.82) is 0 Å². The van der Waals surface area contributed by atoms with Crippen LogP contribution in [0, 0.1) is 0 Å². The third-order valence-corrected chi connectivity index (χ3v) is 5.34. The Kier molecular flexibility index (Phi) is 6.01. The van der Waals surface area contributed by atoms with E-state index in [1.165, 1.54) is 0 Å². The van der Waals surface area contributed by atoms with Crippen LogP contribution in [0.25, 0.3) is 0 Å². The summed E-state index contributed by atoms with van der Waals surface area (Å²) < 4.78 is 5.65. The van der Waals surface area contributed by atoms with Crippen molar-refractivity contribution < 1.29 is 14.6 Å². The zero-order valence-corrected chi connectivity index (χ0v) is 17.4. The average Bonchev–Trinajstić information content (AvgIpc) is 2.92. The first-order valence-electron chi connectivity index (χ1n) is 9.67. The molecule has 1 amide bonds.